The van der Waals surface area contributed by atoms with Gasteiger partial charge in [0.1, 0.15) is 11.6 Å². The first-order chi connectivity index (χ1) is 12.8. The summed E-state index contributed by atoms with van der Waals surface area (Å²) in [4.78, 5) is -0.166. The van der Waals surface area contributed by atoms with Crippen molar-refractivity contribution in [3.63, 3.8) is 0 Å². The maximum Gasteiger partial charge on any atom is 0.243 e. The van der Waals surface area contributed by atoms with E-state index < -0.39 is 27.5 Å². The lowest BCUT2D eigenvalue weighted by Gasteiger charge is -2.20. The summed E-state index contributed by atoms with van der Waals surface area (Å²) in [7, 11) is -2.60. The molecule has 1 atom stereocenters. The maximum atomic E-state index is 14.0. The first-order valence-electron chi connectivity index (χ1n) is 8.23. The van der Waals surface area contributed by atoms with Crippen LogP contribution in [-0.2, 0) is 10.0 Å². The van der Waals surface area contributed by atoms with Crippen LogP contribution in [0, 0.1) is 17.5 Å². The van der Waals surface area contributed by atoms with Gasteiger partial charge in [0.05, 0.1) is 12.0 Å². The lowest BCUT2D eigenvalue weighted by atomic mass is 10.1. The fourth-order valence-electron chi connectivity index (χ4n) is 2.96. The monoisotopic (exact) mass is 417 g/mol. The van der Waals surface area contributed by atoms with Gasteiger partial charge in [-0.1, -0.05) is 0 Å². The number of sulfonamides is 1. The van der Waals surface area contributed by atoms with E-state index in [4.69, 9.17) is 4.74 Å². The molecule has 4 nitrogen and oxygen atoms in total. The van der Waals surface area contributed by atoms with Crippen LogP contribution >= 0.6 is 11.8 Å². The largest absolute Gasteiger partial charge is 0.494 e. The van der Waals surface area contributed by atoms with Crippen molar-refractivity contribution in [3.05, 3.63) is 59.4 Å². The third-order valence-electron chi connectivity index (χ3n) is 4.37. The summed E-state index contributed by atoms with van der Waals surface area (Å²) in [5.41, 5.74) is 0.231. The first kappa shape index (κ1) is 20.0. The molecule has 146 valence electrons. The molecule has 9 heteroatoms. The second kappa shape index (κ2) is 8.12. The lowest BCUT2D eigenvalue weighted by molar-refractivity contribution is 0.385. The molecule has 27 heavy (non-hydrogen) atoms. The zero-order chi connectivity index (χ0) is 19.6. The van der Waals surface area contributed by atoms with E-state index in [1.807, 2.05) is 0 Å². The van der Waals surface area contributed by atoms with Gasteiger partial charge in [0, 0.05) is 29.7 Å². The average molecular weight is 417 g/mol. The summed E-state index contributed by atoms with van der Waals surface area (Å²) in [6, 6.07) is 6.75. The minimum Gasteiger partial charge on any atom is -0.494 e. The SMILES string of the molecule is COc1ccc(S(=O)(=O)N2CCSC(c3cc(F)ccc3F)CC2)cc1F. The van der Waals surface area contributed by atoms with E-state index in [0.29, 0.717) is 12.2 Å². The highest BCUT2D eigenvalue weighted by Gasteiger charge is 2.30. The molecular formula is C18H18F3NO3S2. The van der Waals surface area contributed by atoms with Crippen molar-refractivity contribution in [1.29, 1.82) is 0 Å². The van der Waals surface area contributed by atoms with Gasteiger partial charge in [-0.3, -0.25) is 0 Å². The highest BCUT2D eigenvalue weighted by atomic mass is 32.2. The van der Waals surface area contributed by atoms with E-state index in [1.165, 1.54) is 35.3 Å². The zero-order valence-electron chi connectivity index (χ0n) is 14.5. The van der Waals surface area contributed by atoms with Gasteiger partial charge in [0.15, 0.2) is 11.6 Å². The zero-order valence-corrected chi connectivity index (χ0v) is 16.1. The summed E-state index contributed by atoms with van der Waals surface area (Å²) >= 11 is 1.38. The van der Waals surface area contributed by atoms with Crippen LogP contribution < -0.4 is 4.74 Å². The normalized spacial score (nSPS) is 18.9. The standard InChI is InChI=1S/C18H18F3NO3S2/c1-25-17-5-3-13(11-16(17)21)27(23,24)22-7-6-18(26-9-8-22)14-10-12(19)2-4-15(14)20/h2-5,10-11,18H,6-9H2,1H3. The Morgan fingerprint density at radius 2 is 1.85 bits per heavy atom. The Labute approximate surface area is 160 Å². The third kappa shape index (κ3) is 4.25. The van der Waals surface area contributed by atoms with Crippen molar-refractivity contribution >= 4 is 21.8 Å². The number of nitrogens with zero attached hydrogens (tertiary/aromatic N) is 1. The maximum absolute atomic E-state index is 14.0. The van der Waals surface area contributed by atoms with Gasteiger partial charge in [-0.05, 0) is 42.8 Å². The Kier molecular flexibility index (Phi) is 6.02. The molecule has 1 aliphatic rings. The molecule has 1 unspecified atom stereocenters. The van der Waals surface area contributed by atoms with Crippen LogP contribution in [0.3, 0.4) is 0 Å². The molecule has 2 aromatic carbocycles. The summed E-state index contributed by atoms with van der Waals surface area (Å²) in [6.45, 7) is 0.331. The van der Waals surface area contributed by atoms with Crippen molar-refractivity contribution < 1.29 is 26.3 Å². The summed E-state index contributed by atoms with van der Waals surface area (Å²) in [5, 5.41) is -0.353. The van der Waals surface area contributed by atoms with Gasteiger partial charge in [-0.15, -0.1) is 0 Å². The van der Waals surface area contributed by atoms with Gasteiger partial charge in [-0.2, -0.15) is 16.1 Å². The summed E-state index contributed by atoms with van der Waals surface area (Å²) in [5.74, 6) is -1.43. The van der Waals surface area contributed by atoms with Crippen molar-refractivity contribution in [2.75, 3.05) is 26.0 Å². The summed E-state index contributed by atoms with van der Waals surface area (Å²) in [6.07, 6.45) is 0.322. The molecule has 1 saturated heterocycles. The number of thioether (sulfide) groups is 1. The average Bonchev–Trinajstić information content (AvgIpc) is 2.90. The highest BCUT2D eigenvalue weighted by molar-refractivity contribution is 7.99. The minimum atomic E-state index is -3.90. The van der Waals surface area contributed by atoms with Gasteiger partial charge in [0.25, 0.3) is 0 Å². The van der Waals surface area contributed by atoms with Gasteiger partial charge in [0.2, 0.25) is 10.0 Å². The van der Waals surface area contributed by atoms with E-state index in [-0.39, 0.29) is 34.5 Å². The molecule has 0 N–H and O–H groups in total. The van der Waals surface area contributed by atoms with Crippen LogP contribution in [0.1, 0.15) is 17.2 Å². The van der Waals surface area contributed by atoms with Crippen LogP contribution in [0.4, 0.5) is 13.2 Å². The number of benzene rings is 2. The molecule has 1 heterocycles. The van der Waals surface area contributed by atoms with Crippen LogP contribution in [-0.4, -0.2) is 38.7 Å². The fraction of sp³-hybridized carbons (Fsp3) is 0.333. The molecule has 0 aliphatic carbocycles. The Hall–Kier alpha value is -1.71. The molecular weight excluding hydrogens is 399 g/mol. The number of rotatable bonds is 4. The van der Waals surface area contributed by atoms with Crippen LogP contribution in [0.25, 0.3) is 0 Å². The van der Waals surface area contributed by atoms with Gasteiger partial charge < -0.3 is 4.74 Å². The Balaban J connectivity index is 1.81. The Morgan fingerprint density at radius 1 is 1.07 bits per heavy atom. The second-order valence-electron chi connectivity index (χ2n) is 6.01. The molecule has 1 aliphatic heterocycles. The van der Waals surface area contributed by atoms with Crippen molar-refractivity contribution in [1.82, 2.24) is 4.31 Å². The molecule has 0 radical (unpaired) electrons. The van der Waals surface area contributed by atoms with E-state index in [0.717, 1.165) is 24.3 Å². The molecule has 0 aromatic heterocycles. The number of halogens is 3. The minimum absolute atomic E-state index is 0.0398. The topological polar surface area (TPSA) is 46.6 Å². The van der Waals surface area contributed by atoms with Crippen molar-refractivity contribution in [2.45, 2.75) is 16.6 Å². The Bertz CT molecular complexity index is 937. The quantitative estimate of drug-likeness (QED) is 0.755. The number of hydrogen-bond donors (Lipinski definition) is 0. The molecule has 0 bridgehead atoms. The van der Waals surface area contributed by atoms with Crippen molar-refractivity contribution in [3.8, 4) is 5.75 Å². The molecule has 3 rings (SSSR count). The first-order valence-corrected chi connectivity index (χ1v) is 10.7. The predicted octanol–water partition coefficient (Wildman–Crippen LogP) is 3.98. The fourth-order valence-corrected chi connectivity index (χ4v) is 5.78. The van der Waals surface area contributed by atoms with Crippen molar-refractivity contribution in [2.24, 2.45) is 0 Å². The van der Waals surface area contributed by atoms with Crippen LogP contribution in [0.2, 0.25) is 0 Å². The molecule has 0 spiro atoms. The van der Waals surface area contributed by atoms with Gasteiger partial charge >= 0.3 is 0 Å². The molecule has 0 amide bonds. The van der Waals surface area contributed by atoms with E-state index in [2.05, 4.69) is 0 Å². The van der Waals surface area contributed by atoms with Crippen LogP contribution in [0.5, 0.6) is 5.75 Å². The second-order valence-corrected chi connectivity index (χ2v) is 9.26. The number of hydrogen-bond acceptors (Lipinski definition) is 4. The van der Waals surface area contributed by atoms with E-state index in [9.17, 15) is 21.6 Å². The lowest BCUT2D eigenvalue weighted by Crippen LogP contribution is -2.33. The number of ether oxygens (including phenoxy) is 1. The van der Waals surface area contributed by atoms with Crippen LogP contribution in [0.15, 0.2) is 41.3 Å². The predicted molar refractivity (Wildman–Crippen MR) is 97.9 cm³/mol. The third-order valence-corrected chi connectivity index (χ3v) is 7.57. The molecule has 1 fully saturated rings. The smallest absolute Gasteiger partial charge is 0.243 e. The van der Waals surface area contributed by atoms with E-state index in [1.54, 1.807) is 0 Å². The van der Waals surface area contributed by atoms with E-state index >= 15 is 0 Å². The highest BCUT2D eigenvalue weighted by Crippen LogP contribution is 2.37. The molecule has 2 aromatic rings. The Morgan fingerprint density at radius 3 is 2.56 bits per heavy atom. The molecule has 0 saturated carbocycles. The summed E-state index contributed by atoms with van der Waals surface area (Å²) < 4.78 is 73.1. The number of methoxy groups -OCH3 is 1. The van der Waals surface area contributed by atoms with Gasteiger partial charge in [-0.25, -0.2) is 21.6 Å².